The molecule has 0 aliphatic carbocycles. The zero-order chi connectivity index (χ0) is 17.8. The molecule has 128 valence electrons. The number of hydrogen-bond acceptors (Lipinski definition) is 2. The Morgan fingerprint density at radius 3 is 2.32 bits per heavy atom. The molecule has 1 amide bonds. The van der Waals surface area contributed by atoms with Crippen LogP contribution in [0.2, 0.25) is 0 Å². The van der Waals surface area contributed by atoms with Gasteiger partial charge in [-0.1, -0.05) is 43.3 Å². The number of carbonyl (C=O) groups is 1. The van der Waals surface area contributed by atoms with Crippen LogP contribution in [0, 0.1) is 13.8 Å². The van der Waals surface area contributed by atoms with Crippen LogP contribution < -0.4 is 10.1 Å². The molecule has 0 aromatic heterocycles. The highest BCUT2D eigenvalue weighted by atomic mass is 16.5. The van der Waals surface area contributed by atoms with Gasteiger partial charge >= 0.3 is 0 Å². The molecule has 3 nitrogen and oxygen atoms in total. The Bertz CT molecular complexity index is 881. The molecule has 3 rings (SSSR count). The summed E-state index contributed by atoms with van der Waals surface area (Å²) in [6.45, 7) is 5.99. The molecule has 3 heteroatoms. The van der Waals surface area contributed by atoms with Gasteiger partial charge in [0, 0.05) is 5.69 Å². The van der Waals surface area contributed by atoms with E-state index in [2.05, 4.69) is 17.4 Å². The van der Waals surface area contributed by atoms with Crippen molar-refractivity contribution in [2.75, 3.05) is 5.32 Å². The quantitative estimate of drug-likeness (QED) is 0.692. The van der Waals surface area contributed by atoms with E-state index in [9.17, 15) is 4.79 Å². The molecule has 1 N–H and O–H groups in total. The second-order valence-corrected chi connectivity index (χ2v) is 6.39. The third kappa shape index (κ3) is 4.18. The number of ether oxygens (including phenoxy) is 1. The number of nitrogens with one attached hydrogen (secondary N) is 1. The fourth-order valence-corrected chi connectivity index (χ4v) is 3.00. The summed E-state index contributed by atoms with van der Waals surface area (Å²) < 4.78 is 5.95. The number of carbonyl (C=O) groups excluding carboxylic acids is 1. The van der Waals surface area contributed by atoms with Crippen LogP contribution >= 0.6 is 0 Å². The van der Waals surface area contributed by atoms with Gasteiger partial charge < -0.3 is 10.1 Å². The van der Waals surface area contributed by atoms with Gasteiger partial charge in [0.2, 0.25) is 0 Å². The predicted octanol–water partition coefficient (Wildman–Crippen LogP) is 5.25. The third-order valence-corrected chi connectivity index (χ3v) is 4.15. The maximum atomic E-state index is 12.6. The molecule has 3 aromatic carbocycles. The molecule has 0 bridgehead atoms. The minimum absolute atomic E-state index is 0.124. The standard InChI is InChI=1S/C22H23NO2/c1-4-21(22(24)23-19-12-15(2)11-16(3)13-19)25-20-10-9-17-7-5-6-8-18(17)14-20/h5-14,21H,4H2,1-3H3,(H,23,24). The van der Waals surface area contributed by atoms with Crippen LogP contribution in [-0.4, -0.2) is 12.0 Å². The summed E-state index contributed by atoms with van der Waals surface area (Å²) in [5.41, 5.74) is 3.06. The van der Waals surface area contributed by atoms with E-state index in [0.717, 1.165) is 27.6 Å². The first-order valence-electron chi connectivity index (χ1n) is 8.60. The van der Waals surface area contributed by atoms with Gasteiger partial charge in [0.25, 0.3) is 5.91 Å². The van der Waals surface area contributed by atoms with Crippen molar-refractivity contribution >= 4 is 22.4 Å². The third-order valence-electron chi connectivity index (χ3n) is 4.15. The lowest BCUT2D eigenvalue weighted by atomic mass is 10.1. The van der Waals surface area contributed by atoms with Crippen molar-refractivity contribution in [2.24, 2.45) is 0 Å². The zero-order valence-corrected chi connectivity index (χ0v) is 14.9. The van der Waals surface area contributed by atoms with Crippen molar-refractivity contribution in [3.05, 3.63) is 71.8 Å². The van der Waals surface area contributed by atoms with Crippen LogP contribution in [0.4, 0.5) is 5.69 Å². The average Bonchev–Trinajstić information content (AvgIpc) is 2.58. The number of anilines is 1. The van der Waals surface area contributed by atoms with Crippen molar-refractivity contribution in [2.45, 2.75) is 33.3 Å². The molecule has 0 fully saturated rings. The van der Waals surface area contributed by atoms with E-state index >= 15 is 0 Å². The number of fused-ring (bicyclic) bond motifs is 1. The first kappa shape index (κ1) is 17.0. The molecule has 0 heterocycles. The van der Waals surface area contributed by atoms with Gasteiger partial charge in [0.15, 0.2) is 6.10 Å². The molecular formula is C22H23NO2. The minimum atomic E-state index is -0.526. The maximum absolute atomic E-state index is 12.6. The molecule has 0 saturated carbocycles. The Kier molecular flexibility index (Phi) is 5.03. The van der Waals surface area contributed by atoms with Gasteiger partial charge in [0.05, 0.1) is 0 Å². The predicted molar refractivity (Wildman–Crippen MR) is 103 cm³/mol. The maximum Gasteiger partial charge on any atom is 0.265 e. The smallest absolute Gasteiger partial charge is 0.265 e. The normalized spacial score (nSPS) is 12.0. The van der Waals surface area contributed by atoms with Crippen LogP contribution in [-0.2, 0) is 4.79 Å². The average molecular weight is 333 g/mol. The van der Waals surface area contributed by atoms with Crippen molar-refractivity contribution in [3.63, 3.8) is 0 Å². The van der Waals surface area contributed by atoms with E-state index < -0.39 is 6.10 Å². The summed E-state index contributed by atoms with van der Waals surface area (Å²) in [4.78, 5) is 12.6. The molecule has 0 saturated heterocycles. The van der Waals surface area contributed by atoms with Crippen LogP contribution in [0.15, 0.2) is 60.7 Å². The minimum Gasteiger partial charge on any atom is -0.481 e. The zero-order valence-electron chi connectivity index (χ0n) is 14.9. The number of aryl methyl sites for hydroxylation is 2. The summed E-state index contributed by atoms with van der Waals surface area (Å²) in [5, 5.41) is 5.22. The lowest BCUT2D eigenvalue weighted by Crippen LogP contribution is -2.32. The Balaban J connectivity index is 1.75. The fourth-order valence-electron chi connectivity index (χ4n) is 3.00. The summed E-state index contributed by atoms with van der Waals surface area (Å²) in [6.07, 6.45) is 0.0747. The summed E-state index contributed by atoms with van der Waals surface area (Å²) in [5.74, 6) is 0.585. The van der Waals surface area contributed by atoms with Crippen molar-refractivity contribution in [3.8, 4) is 5.75 Å². The van der Waals surface area contributed by atoms with Crippen molar-refractivity contribution in [1.29, 1.82) is 0 Å². The second-order valence-electron chi connectivity index (χ2n) is 6.39. The first-order chi connectivity index (χ1) is 12.0. The molecule has 1 unspecified atom stereocenters. The van der Waals surface area contributed by atoms with Crippen LogP contribution in [0.1, 0.15) is 24.5 Å². The molecule has 0 aliphatic rings. The highest BCUT2D eigenvalue weighted by Crippen LogP contribution is 2.22. The van der Waals surface area contributed by atoms with Crippen molar-refractivity contribution in [1.82, 2.24) is 0 Å². The molecule has 0 radical (unpaired) electrons. The summed E-state index contributed by atoms with van der Waals surface area (Å²) >= 11 is 0. The van der Waals surface area contributed by atoms with Crippen LogP contribution in [0.3, 0.4) is 0 Å². The van der Waals surface area contributed by atoms with E-state index in [1.807, 2.05) is 69.3 Å². The number of rotatable bonds is 5. The topological polar surface area (TPSA) is 38.3 Å². The second kappa shape index (κ2) is 7.39. The van der Waals surface area contributed by atoms with E-state index in [4.69, 9.17) is 4.74 Å². The van der Waals surface area contributed by atoms with E-state index in [1.54, 1.807) is 0 Å². The molecule has 25 heavy (non-hydrogen) atoms. The first-order valence-corrected chi connectivity index (χ1v) is 8.60. The molecule has 1 atom stereocenters. The Labute approximate surface area is 148 Å². The van der Waals surface area contributed by atoms with Gasteiger partial charge in [-0.25, -0.2) is 0 Å². The highest BCUT2D eigenvalue weighted by molar-refractivity contribution is 5.94. The van der Waals surface area contributed by atoms with Gasteiger partial charge in [-0.3, -0.25) is 4.79 Å². The molecular weight excluding hydrogens is 310 g/mol. The number of hydrogen-bond donors (Lipinski definition) is 1. The largest absolute Gasteiger partial charge is 0.481 e. The lowest BCUT2D eigenvalue weighted by molar-refractivity contribution is -0.122. The molecule has 0 aliphatic heterocycles. The summed E-state index contributed by atoms with van der Waals surface area (Å²) in [6, 6.07) is 20.0. The van der Waals surface area contributed by atoms with Crippen LogP contribution in [0.25, 0.3) is 10.8 Å². The Hall–Kier alpha value is -2.81. The van der Waals surface area contributed by atoms with E-state index in [0.29, 0.717) is 12.2 Å². The van der Waals surface area contributed by atoms with E-state index in [1.165, 1.54) is 0 Å². The lowest BCUT2D eigenvalue weighted by Gasteiger charge is -2.18. The SMILES string of the molecule is CCC(Oc1ccc2ccccc2c1)C(=O)Nc1cc(C)cc(C)c1. The Morgan fingerprint density at radius 1 is 0.960 bits per heavy atom. The van der Waals surface area contributed by atoms with Gasteiger partial charge in [-0.05, 0) is 66.4 Å². The fraction of sp³-hybridized carbons (Fsp3) is 0.227. The molecule has 3 aromatic rings. The monoisotopic (exact) mass is 333 g/mol. The van der Waals surface area contributed by atoms with Gasteiger partial charge in [0.1, 0.15) is 5.75 Å². The van der Waals surface area contributed by atoms with Gasteiger partial charge in [-0.2, -0.15) is 0 Å². The number of benzene rings is 3. The number of amides is 1. The van der Waals surface area contributed by atoms with E-state index in [-0.39, 0.29) is 5.91 Å². The summed E-state index contributed by atoms with van der Waals surface area (Å²) in [7, 11) is 0. The van der Waals surface area contributed by atoms with Crippen LogP contribution in [0.5, 0.6) is 5.75 Å². The molecule has 0 spiro atoms. The highest BCUT2D eigenvalue weighted by Gasteiger charge is 2.19. The van der Waals surface area contributed by atoms with Crippen molar-refractivity contribution < 1.29 is 9.53 Å². The van der Waals surface area contributed by atoms with Gasteiger partial charge in [-0.15, -0.1) is 0 Å². The Morgan fingerprint density at radius 2 is 1.64 bits per heavy atom.